The SMILES string of the molecule is COc1ccc(NCCNS(C)(=O)=O)c(N)c1. The van der Waals surface area contributed by atoms with Gasteiger partial charge in [0.15, 0.2) is 0 Å². The zero-order chi connectivity index (χ0) is 12.9. The van der Waals surface area contributed by atoms with E-state index in [0.29, 0.717) is 24.5 Å². The summed E-state index contributed by atoms with van der Waals surface area (Å²) in [5, 5.41) is 3.03. The maximum atomic E-state index is 10.8. The lowest BCUT2D eigenvalue weighted by Crippen LogP contribution is -2.27. The Morgan fingerprint density at radius 3 is 2.59 bits per heavy atom. The quantitative estimate of drug-likeness (QED) is 0.502. The van der Waals surface area contributed by atoms with Crippen molar-refractivity contribution in [2.24, 2.45) is 0 Å². The predicted molar refractivity (Wildman–Crippen MR) is 68.7 cm³/mol. The van der Waals surface area contributed by atoms with Crippen molar-refractivity contribution in [2.45, 2.75) is 0 Å². The molecule has 0 atom stereocenters. The zero-order valence-corrected chi connectivity index (χ0v) is 10.7. The number of sulfonamides is 1. The average molecular weight is 259 g/mol. The third kappa shape index (κ3) is 4.92. The Morgan fingerprint density at radius 1 is 1.35 bits per heavy atom. The van der Waals surface area contributed by atoms with Gasteiger partial charge >= 0.3 is 0 Å². The molecule has 0 amide bonds. The number of nitrogens with one attached hydrogen (secondary N) is 2. The standard InChI is InChI=1S/C10H17N3O3S/c1-16-8-3-4-10(9(11)7-8)12-5-6-13-17(2,14)15/h3-4,7,12-13H,5-6,11H2,1-2H3. The first kappa shape index (κ1) is 13.6. The Hall–Kier alpha value is -1.47. The first-order chi connectivity index (χ1) is 7.92. The smallest absolute Gasteiger partial charge is 0.208 e. The van der Waals surface area contributed by atoms with Gasteiger partial charge in [-0.15, -0.1) is 0 Å². The number of benzene rings is 1. The molecule has 7 heteroatoms. The molecule has 1 rings (SSSR count). The Bertz CT molecular complexity index is 474. The van der Waals surface area contributed by atoms with Crippen molar-refractivity contribution < 1.29 is 13.2 Å². The average Bonchev–Trinajstić information content (AvgIpc) is 2.24. The van der Waals surface area contributed by atoms with Crippen molar-refractivity contribution in [2.75, 3.05) is 37.5 Å². The van der Waals surface area contributed by atoms with Crippen molar-refractivity contribution in [3.05, 3.63) is 18.2 Å². The van der Waals surface area contributed by atoms with E-state index in [1.165, 1.54) is 0 Å². The van der Waals surface area contributed by atoms with E-state index in [9.17, 15) is 8.42 Å². The molecule has 0 saturated heterocycles. The maximum absolute atomic E-state index is 10.8. The lowest BCUT2D eigenvalue weighted by Gasteiger charge is -2.10. The highest BCUT2D eigenvalue weighted by Crippen LogP contribution is 2.23. The monoisotopic (exact) mass is 259 g/mol. The topological polar surface area (TPSA) is 93.5 Å². The fraction of sp³-hybridized carbons (Fsp3) is 0.400. The second kappa shape index (κ2) is 5.74. The van der Waals surface area contributed by atoms with Gasteiger partial charge < -0.3 is 15.8 Å². The fourth-order valence-corrected chi connectivity index (χ4v) is 1.74. The summed E-state index contributed by atoms with van der Waals surface area (Å²) in [6, 6.07) is 5.27. The van der Waals surface area contributed by atoms with Gasteiger partial charge in [-0.25, -0.2) is 13.1 Å². The molecule has 6 nitrogen and oxygen atoms in total. The van der Waals surface area contributed by atoms with Gasteiger partial charge in [0.2, 0.25) is 10.0 Å². The number of methoxy groups -OCH3 is 1. The molecule has 17 heavy (non-hydrogen) atoms. The van der Waals surface area contributed by atoms with Crippen LogP contribution >= 0.6 is 0 Å². The Balaban J connectivity index is 2.47. The van der Waals surface area contributed by atoms with Crippen molar-refractivity contribution in [1.29, 1.82) is 0 Å². The normalized spacial score (nSPS) is 11.2. The van der Waals surface area contributed by atoms with E-state index in [4.69, 9.17) is 10.5 Å². The van der Waals surface area contributed by atoms with Crippen LogP contribution < -0.4 is 20.5 Å². The largest absolute Gasteiger partial charge is 0.497 e. The van der Waals surface area contributed by atoms with Gasteiger partial charge in [-0.3, -0.25) is 0 Å². The molecular formula is C10H17N3O3S. The first-order valence-electron chi connectivity index (χ1n) is 5.04. The molecule has 1 aromatic rings. The zero-order valence-electron chi connectivity index (χ0n) is 9.86. The number of rotatable bonds is 6. The van der Waals surface area contributed by atoms with Gasteiger partial charge in [0.05, 0.1) is 24.7 Å². The van der Waals surface area contributed by atoms with Crippen LogP contribution in [0.25, 0.3) is 0 Å². The second-order valence-electron chi connectivity index (χ2n) is 3.55. The third-order valence-corrected chi connectivity index (χ3v) is 2.79. The Kier molecular flexibility index (Phi) is 4.59. The number of anilines is 2. The highest BCUT2D eigenvalue weighted by atomic mass is 32.2. The summed E-state index contributed by atoms with van der Waals surface area (Å²) in [5.74, 6) is 0.683. The molecule has 0 aliphatic rings. The molecular weight excluding hydrogens is 242 g/mol. The molecule has 0 unspecified atom stereocenters. The second-order valence-corrected chi connectivity index (χ2v) is 5.38. The van der Waals surface area contributed by atoms with Crippen LogP contribution in [0.15, 0.2) is 18.2 Å². The van der Waals surface area contributed by atoms with Crippen molar-refractivity contribution in [3.63, 3.8) is 0 Å². The molecule has 4 N–H and O–H groups in total. The van der Waals surface area contributed by atoms with Crippen LogP contribution in [-0.4, -0.2) is 34.9 Å². The highest BCUT2D eigenvalue weighted by Gasteiger charge is 2.02. The predicted octanol–water partition coefficient (Wildman–Crippen LogP) is 0.239. The summed E-state index contributed by atoms with van der Waals surface area (Å²) in [5.41, 5.74) is 7.09. The molecule has 0 radical (unpaired) electrons. The van der Waals surface area contributed by atoms with E-state index >= 15 is 0 Å². The van der Waals surface area contributed by atoms with E-state index < -0.39 is 10.0 Å². The van der Waals surface area contributed by atoms with Crippen molar-refractivity contribution in [3.8, 4) is 5.75 Å². The molecule has 0 spiro atoms. The molecule has 0 saturated carbocycles. The van der Waals surface area contributed by atoms with Crippen molar-refractivity contribution >= 4 is 21.4 Å². The van der Waals surface area contributed by atoms with Gasteiger partial charge in [-0.2, -0.15) is 0 Å². The van der Waals surface area contributed by atoms with Gasteiger partial charge in [0.25, 0.3) is 0 Å². The van der Waals surface area contributed by atoms with Gasteiger partial charge in [-0.05, 0) is 12.1 Å². The number of nitrogen functional groups attached to an aromatic ring is 1. The van der Waals surface area contributed by atoms with E-state index in [1.807, 2.05) is 0 Å². The molecule has 0 bridgehead atoms. The number of nitrogens with two attached hydrogens (primary N) is 1. The third-order valence-electron chi connectivity index (χ3n) is 2.06. The molecule has 96 valence electrons. The van der Waals surface area contributed by atoms with Gasteiger partial charge in [0.1, 0.15) is 5.75 Å². The number of ether oxygens (including phenoxy) is 1. The molecule has 0 heterocycles. The first-order valence-corrected chi connectivity index (χ1v) is 6.93. The van der Waals surface area contributed by atoms with E-state index in [-0.39, 0.29) is 0 Å². The van der Waals surface area contributed by atoms with Crippen LogP contribution in [0, 0.1) is 0 Å². The fourth-order valence-electron chi connectivity index (χ4n) is 1.26. The minimum absolute atomic E-state index is 0.310. The Morgan fingerprint density at radius 2 is 2.06 bits per heavy atom. The summed E-state index contributed by atoms with van der Waals surface area (Å²) in [4.78, 5) is 0. The summed E-state index contributed by atoms with van der Waals surface area (Å²) in [6.07, 6.45) is 1.12. The lowest BCUT2D eigenvalue weighted by atomic mass is 10.2. The Labute approximate surface area is 101 Å². The van der Waals surface area contributed by atoms with Crippen LogP contribution in [0.5, 0.6) is 5.75 Å². The van der Waals surface area contributed by atoms with E-state index in [0.717, 1.165) is 11.9 Å². The minimum atomic E-state index is -3.14. The number of hydrogen-bond donors (Lipinski definition) is 3. The van der Waals surface area contributed by atoms with Crippen LogP contribution in [0.2, 0.25) is 0 Å². The molecule has 0 fully saturated rings. The van der Waals surface area contributed by atoms with Gasteiger partial charge in [-0.1, -0.05) is 0 Å². The molecule has 1 aromatic carbocycles. The van der Waals surface area contributed by atoms with Crippen LogP contribution in [0.3, 0.4) is 0 Å². The van der Waals surface area contributed by atoms with Crippen molar-refractivity contribution in [1.82, 2.24) is 4.72 Å². The summed E-state index contributed by atoms with van der Waals surface area (Å²) >= 11 is 0. The molecule has 0 aliphatic carbocycles. The maximum Gasteiger partial charge on any atom is 0.208 e. The summed E-state index contributed by atoms with van der Waals surface area (Å²) < 4.78 is 29.0. The lowest BCUT2D eigenvalue weighted by molar-refractivity contribution is 0.415. The summed E-state index contributed by atoms with van der Waals surface area (Å²) in [7, 11) is -1.57. The van der Waals surface area contributed by atoms with E-state index in [2.05, 4.69) is 10.0 Å². The minimum Gasteiger partial charge on any atom is -0.497 e. The van der Waals surface area contributed by atoms with Crippen LogP contribution in [-0.2, 0) is 10.0 Å². The van der Waals surface area contributed by atoms with E-state index in [1.54, 1.807) is 25.3 Å². The molecule has 0 aliphatic heterocycles. The number of hydrogen-bond acceptors (Lipinski definition) is 5. The van der Waals surface area contributed by atoms with Gasteiger partial charge in [0, 0.05) is 19.2 Å². The van der Waals surface area contributed by atoms with Crippen LogP contribution in [0.4, 0.5) is 11.4 Å². The van der Waals surface area contributed by atoms with Crippen LogP contribution in [0.1, 0.15) is 0 Å². The molecule has 0 aromatic heterocycles. The summed E-state index contributed by atoms with van der Waals surface area (Å²) in [6.45, 7) is 0.772. The highest BCUT2D eigenvalue weighted by molar-refractivity contribution is 7.88.